The molecule has 0 saturated heterocycles. The summed E-state index contributed by atoms with van der Waals surface area (Å²) in [5.74, 6) is 0. The predicted octanol–water partition coefficient (Wildman–Crippen LogP) is 3.27. The summed E-state index contributed by atoms with van der Waals surface area (Å²) in [5, 5.41) is 0. The average molecular weight is 261 g/mol. The summed E-state index contributed by atoms with van der Waals surface area (Å²) in [5.41, 5.74) is 5.66. The van der Waals surface area contributed by atoms with E-state index in [4.69, 9.17) is 10.5 Å². The summed E-state index contributed by atoms with van der Waals surface area (Å²) in [4.78, 5) is 0. The van der Waals surface area contributed by atoms with Crippen molar-refractivity contribution in [3.63, 3.8) is 0 Å². The molecular weight excluding hydrogens is 243 g/mol. The highest BCUT2D eigenvalue weighted by atomic mass is 19.4. The van der Waals surface area contributed by atoms with Crippen molar-refractivity contribution in [2.24, 2.45) is 5.73 Å². The van der Waals surface area contributed by atoms with E-state index in [1.165, 1.54) is 0 Å². The van der Waals surface area contributed by atoms with Crippen LogP contribution in [0.5, 0.6) is 0 Å². The lowest BCUT2D eigenvalue weighted by atomic mass is 10.1. The van der Waals surface area contributed by atoms with Gasteiger partial charge in [-0.1, -0.05) is 11.6 Å². The molecule has 0 unspecified atom stereocenters. The van der Waals surface area contributed by atoms with Crippen LogP contribution in [0, 0.1) is 6.92 Å². The van der Waals surface area contributed by atoms with Crippen molar-refractivity contribution in [2.75, 3.05) is 6.61 Å². The van der Waals surface area contributed by atoms with Crippen molar-refractivity contribution in [1.29, 1.82) is 0 Å². The highest BCUT2D eigenvalue weighted by molar-refractivity contribution is 5.30. The number of halogens is 3. The second-order valence-electron chi connectivity index (χ2n) is 5.19. The zero-order valence-corrected chi connectivity index (χ0v) is 10.8. The Morgan fingerprint density at radius 3 is 2.28 bits per heavy atom. The number of alkyl halides is 3. The molecule has 2 nitrogen and oxygen atoms in total. The van der Waals surface area contributed by atoms with Gasteiger partial charge in [-0.05, 0) is 38.5 Å². The van der Waals surface area contributed by atoms with Gasteiger partial charge in [0.1, 0.15) is 0 Å². The van der Waals surface area contributed by atoms with Crippen molar-refractivity contribution < 1.29 is 17.9 Å². The van der Waals surface area contributed by atoms with Crippen LogP contribution in [0.1, 0.15) is 30.5 Å². The van der Waals surface area contributed by atoms with Crippen LogP contribution in [-0.2, 0) is 17.5 Å². The smallest absolute Gasteiger partial charge is 0.375 e. The van der Waals surface area contributed by atoms with Gasteiger partial charge in [0.15, 0.2) is 0 Å². The van der Waals surface area contributed by atoms with Gasteiger partial charge in [0, 0.05) is 5.54 Å². The van der Waals surface area contributed by atoms with Gasteiger partial charge < -0.3 is 10.5 Å². The Bertz CT molecular complexity index is 408. The topological polar surface area (TPSA) is 35.2 Å². The molecule has 0 bridgehead atoms. The third kappa shape index (κ3) is 5.06. The van der Waals surface area contributed by atoms with Crippen molar-refractivity contribution in [3.8, 4) is 0 Å². The number of benzene rings is 1. The van der Waals surface area contributed by atoms with Gasteiger partial charge in [-0.25, -0.2) is 0 Å². The van der Waals surface area contributed by atoms with Crippen LogP contribution in [0.15, 0.2) is 18.2 Å². The van der Waals surface area contributed by atoms with E-state index < -0.39 is 17.3 Å². The van der Waals surface area contributed by atoms with Crippen LogP contribution < -0.4 is 5.73 Å². The van der Waals surface area contributed by atoms with E-state index in [2.05, 4.69) is 0 Å². The Kier molecular flexibility index (Phi) is 4.40. The summed E-state index contributed by atoms with van der Waals surface area (Å²) in [6, 6.07) is 3.91. The molecule has 0 radical (unpaired) electrons. The highest BCUT2D eigenvalue weighted by Crippen LogP contribution is 2.30. The molecule has 1 rings (SSSR count). The van der Waals surface area contributed by atoms with Crippen molar-refractivity contribution in [1.82, 2.24) is 0 Å². The maximum absolute atomic E-state index is 12.6. The van der Waals surface area contributed by atoms with Crippen LogP contribution in [0.2, 0.25) is 0 Å². The van der Waals surface area contributed by atoms with Gasteiger partial charge in [0.25, 0.3) is 0 Å². The molecule has 0 amide bonds. The molecule has 0 aliphatic heterocycles. The molecule has 0 aliphatic carbocycles. The molecule has 0 fully saturated rings. The van der Waals surface area contributed by atoms with E-state index in [9.17, 15) is 13.2 Å². The summed E-state index contributed by atoms with van der Waals surface area (Å²) < 4.78 is 43.1. The summed E-state index contributed by atoms with van der Waals surface area (Å²) >= 11 is 0. The lowest BCUT2D eigenvalue weighted by Crippen LogP contribution is -2.37. The Morgan fingerprint density at radius 2 is 1.78 bits per heavy atom. The molecule has 1 aromatic rings. The van der Waals surface area contributed by atoms with E-state index in [1.54, 1.807) is 26.8 Å². The number of aryl methyl sites for hydroxylation is 1. The van der Waals surface area contributed by atoms with Crippen LogP contribution in [0.4, 0.5) is 13.2 Å². The zero-order valence-electron chi connectivity index (χ0n) is 10.8. The molecule has 18 heavy (non-hydrogen) atoms. The first-order chi connectivity index (χ1) is 8.08. The van der Waals surface area contributed by atoms with Crippen LogP contribution in [-0.4, -0.2) is 12.1 Å². The van der Waals surface area contributed by atoms with Gasteiger partial charge in [0.2, 0.25) is 0 Å². The minimum absolute atomic E-state index is 0.130. The van der Waals surface area contributed by atoms with Gasteiger partial charge >= 0.3 is 6.18 Å². The molecule has 102 valence electrons. The fraction of sp³-hybridized carbons (Fsp3) is 0.538. The van der Waals surface area contributed by atoms with Gasteiger partial charge in [0.05, 0.1) is 18.8 Å². The minimum atomic E-state index is -4.33. The predicted molar refractivity (Wildman–Crippen MR) is 64.1 cm³/mol. The molecular formula is C13H18F3NO. The van der Waals surface area contributed by atoms with Gasteiger partial charge in [-0.3, -0.25) is 0 Å². The standard InChI is InChI=1S/C13H18F3NO/c1-9-4-10(7-18-8-12(2,3)17)6-11(5-9)13(14,15)16/h4-6H,7-8,17H2,1-3H3. The molecule has 0 spiro atoms. The fourth-order valence-electron chi connectivity index (χ4n) is 1.54. The van der Waals surface area contributed by atoms with E-state index in [0.29, 0.717) is 17.7 Å². The molecule has 0 saturated carbocycles. The monoisotopic (exact) mass is 261 g/mol. The SMILES string of the molecule is Cc1cc(COCC(C)(C)N)cc(C(F)(F)F)c1. The largest absolute Gasteiger partial charge is 0.416 e. The molecule has 0 aliphatic rings. The van der Waals surface area contributed by atoms with E-state index >= 15 is 0 Å². The second kappa shape index (κ2) is 5.28. The first-order valence-corrected chi connectivity index (χ1v) is 5.62. The molecule has 0 aromatic heterocycles. The third-order valence-corrected chi connectivity index (χ3v) is 2.21. The van der Waals surface area contributed by atoms with Crippen LogP contribution in [0.25, 0.3) is 0 Å². The zero-order chi connectivity index (χ0) is 14.0. The van der Waals surface area contributed by atoms with E-state index in [1.807, 2.05) is 0 Å². The normalized spacial score (nSPS) is 12.8. The van der Waals surface area contributed by atoms with E-state index in [0.717, 1.165) is 12.1 Å². The Balaban J connectivity index is 2.75. The molecule has 2 N–H and O–H groups in total. The minimum Gasteiger partial charge on any atom is -0.375 e. The Hall–Kier alpha value is -1.07. The number of ether oxygens (including phenoxy) is 1. The third-order valence-electron chi connectivity index (χ3n) is 2.21. The van der Waals surface area contributed by atoms with E-state index in [-0.39, 0.29) is 6.61 Å². The van der Waals surface area contributed by atoms with Crippen molar-refractivity contribution >= 4 is 0 Å². The van der Waals surface area contributed by atoms with Gasteiger partial charge in [-0.15, -0.1) is 0 Å². The molecule has 0 atom stereocenters. The molecule has 1 aromatic carbocycles. The number of nitrogens with two attached hydrogens (primary N) is 1. The maximum atomic E-state index is 12.6. The quantitative estimate of drug-likeness (QED) is 0.902. The highest BCUT2D eigenvalue weighted by Gasteiger charge is 2.30. The first kappa shape index (κ1) is 15.0. The average Bonchev–Trinajstić information content (AvgIpc) is 2.13. The Morgan fingerprint density at radius 1 is 1.17 bits per heavy atom. The number of hydrogen-bond acceptors (Lipinski definition) is 2. The first-order valence-electron chi connectivity index (χ1n) is 5.62. The fourth-order valence-corrected chi connectivity index (χ4v) is 1.54. The molecule has 0 heterocycles. The maximum Gasteiger partial charge on any atom is 0.416 e. The molecule has 5 heteroatoms. The summed E-state index contributed by atoms with van der Waals surface area (Å²) in [6.45, 7) is 5.65. The Labute approximate surface area is 105 Å². The number of hydrogen-bond donors (Lipinski definition) is 1. The summed E-state index contributed by atoms with van der Waals surface area (Å²) in [7, 11) is 0. The lowest BCUT2D eigenvalue weighted by molar-refractivity contribution is -0.137. The van der Waals surface area contributed by atoms with Crippen molar-refractivity contribution in [2.45, 2.75) is 39.1 Å². The van der Waals surface area contributed by atoms with Crippen molar-refractivity contribution in [3.05, 3.63) is 34.9 Å². The van der Waals surface area contributed by atoms with Crippen LogP contribution in [0.3, 0.4) is 0 Å². The second-order valence-corrected chi connectivity index (χ2v) is 5.19. The lowest BCUT2D eigenvalue weighted by Gasteiger charge is -2.18. The number of rotatable bonds is 4. The van der Waals surface area contributed by atoms with Gasteiger partial charge in [-0.2, -0.15) is 13.2 Å². The summed E-state index contributed by atoms with van der Waals surface area (Å²) in [6.07, 6.45) is -4.33. The van der Waals surface area contributed by atoms with Crippen LogP contribution >= 0.6 is 0 Å².